The third-order valence-corrected chi connectivity index (χ3v) is 9.12. The van der Waals surface area contributed by atoms with Gasteiger partial charge in [-0.05, 0) is 66.1 Å². The number of benzene rings is 2. The van der Waals surface area contributed by atoms with E-state index in [0.29, 0.717) is 25.0 Å². The molecule has 184 valence electrons. The lowest BCUT2D eigenvalue weighted by atomic mass is 9.87. The fourth-order valence-corrected chi connectivity index (χ4v) is 7.08. The predicted octanol–water partition coefficient (Wildman–Crippen LogP) is 4.45. The molecule has 0 unspecified atom stereocenters. The summed E-state index contributed by atoms with van der Waals surface area (Å²) < 4.78 is 33.8. The number of hydrogen-bond donors (Lipinski definition) is 2. The van der Waals surface area contributed by atoms with Gasteiger partial charge in [-0.2, -0.15) is 4.31 Å². The topological polar surface area (TPSA) is 95.9 Å². The highest BCUT2D eigenvalue weighted by Crippen LogP contribution is 2.39. The maximum atomic E-state index is 13.7. The van der Waals surface area contributed by atoms with E-state index < -0.39 is 27.9 Å². The van der Waals surface area contributed by atoms with Gasteiger partial charge in [0.05, 0.1) is 12.0 Å². The van der Waals surface area contributed by atoms with Crippen molar-refractivity contribution in [1.82, 2.24) is 9.79 Å². The molecule has 2 atom stereocenters. The molecule has 1 aliphatic heterocycles. The predicted molar refractivity (Wildman–Crippen MR) is 136 cm³/mol. The summed E-state index contributed by atoms with van der Waals surface area (Å²) in [6.45, 7) is 0.135. The van der Waals surface area contributed by atoms with Crippen LogP contribution in [0.4, 0.5) is 0 Å². The lowest BCUT2D eigenvalue weighted by molar-refractivity contribution is -0.134. The highest BCUT2D eigenvalue weighted by molar-refractivity contribution is 7.89. The maximum Gasteiger partial charge on any atom is 0.262 e. The van der Waals surface area contributed by atoms with Gasteiger partial charge < -0.3 is 4.74 Å². The zero-order chi connectivity index (χ0) is 24.8. The van der Waals surface area contributed by atoms with E-state index in [4.69, 9.17) is 4.74 Å². The molecule has 0 saturated heterocycles. The first-order valence-electron chi connectivity index (χ1n) is 11.3. The lowest BCUT2D eigenvalue weighted by Crippen LogP contribution is -2.51. The summed E-state index contributed by atoms with van der Waals surface area (Å²) in [4.78, 5) is 14.1. The van der Waals surface area contributed by atoms with Crippen molar-refractivity contribution in [1.29, 1.82) is 0 Å². The SMILES string of the molecule is COc1ccc(S(=O)(=O)N2CCc3sccc3[C@@H](CC/C=C/c3ccccc3)[C@@H]2C(=O)NO)cc1. The highest BCUT2D eigenvalue weighted by Gasteiger charge is 2.43. The van der Waals surface area contributed by atoms with Crippen LogP contribution in [0.3, 0.4) is 0 Å². The Morgan fingerprint density at radius 1 is 1.17 bits per heavy atom. The van der Waals surface area contributed by atoms with Crippen molar-refractivity contribution in [3.05, 3.63) is 88.1 Å². The van der Waals surface area contributed by atoms with E-state index in [2.05, 4.69) is 0 Å². The van der Waals surface area contributed by atoms with E-state index in [1.807, 2.05) is 53.9 Å². The molecule has 2 heterocycles. The van der Waals surface area contributed by atoms with Crippen LogP contribution in [0, 0.1) is 0 Å². The number of rotatable bonds is 8. The van der Waals surface area contributed by atoms with E-state index >= 15 is 0 Å². The average Bonchev–Trinajstić information content (AvgIpc) is 3.29. The number of ether oxygens (including phenoxy) is 1. The van der Waals surface area contributed by atoms with Gasteiger partial charge in [-0.1, -0.05) is 42.5 Å². The molecule has 0 bridgehead atoms. The van der Waals surface area contributed by atoms with Gasteiger partial charge in [-0.15, -0.1) is 11.3 Å². The molecule has 0 fully saturated rings. The molecule has 7 nitrogen and oxygen atoms in total. The highest BCUT2D eigenvalue weighted by atomic mass is 32.2. The molecule has 1 aromatic heterocycles. The van der Waals surface area contributed by atoms with Gasteiger partial charge in [0.2, 0.25) is 10.0 Å². The molecule has 4 rings (SSSR count). The minimum absolute atomic E-state index is 0.0713. The number of allylic oxidation sites excluding steroid dienone is 1. The molecule has 1 aliphatic rings. The Labute approximate surface area is 209 Å². The van der Waals surface area contributed by atoms with Crippen molar-refractivity contribution >= 4 is 33.3 Å². The van der Waals surface area contributed by atoms with Crippen molar-refractivity contribution in [2.75, 3.05) is 13.7 Å². The quantitative estimate of drug-likeness (QED) is 0.343. The summed E-state index contributed by atoms with van der Waals surface area (Å²) in [7, 11) is -2.52. The molecule has 2 aromatic carbocycles. The smallest absolute Gasteiger partial charge is 0.262 e. The molecule has 1 amide bonds. The zero-order valence-electron chi connectivity index (χ0n) is 19.3. The minimum Gasteiger partial charge on any atom is -0.497 e. The van der Waals surface area contributed by atoms with Crippen molar-refractivity contribution in [2.45, 2.75) is 36.1 Å². The number of thiophene rings is 1. The summed E-state index contributed by atoms with van der Waals surface area (Å²) in [6.07, 6.45) is 5.72. The van der Waals surface area contributed by atoms with Gasteiger partial charge in [0, 0.05) is 17.3 Å². The van der Waals surface area contributed by atoms with Crippen molar-refractivity contribution in [2.24, 2.45) is 0 Å². The number of amides is 1. The molecule has 9 heteroatoms. The second kappa shape index (κ2) is 11.2. The lowest BCUT2D eigenvalue weighted by Gasteiger charge is -2.32. The molecular formula is C26H28N2O5S2. The number of carbonyl (C=O) groups is 1. The molecule has 3 aromatic rings. The van der Waals surface area contributed by atoms with Gasteiger partial charge in [-0.3, -0.25) is 10.0 Å². The van der Waals surface area contributed by atoms with E-state index in [0.717, 1.165) is 16.0 Å². The summed E-state index contributed by atoms with van der Waals surface area (Å²) in [5.74, 6) is -0.618. The van der Waals surface area contributed by atoms with Crippen LogP contribution in [0.15, 0.2) is 77.0 Å². The van der Waals surface area contributed by atoms with Crippen LogP contribution >= 0.6 is 11.3 Å². The van der Waals surface area contributed by atoms with Gasteiger partial charge in [0.15, 0.2) is 0 Å². The van der Waals surface area contributed by atoms with Gasteiger partial charge >= 0.3 is 0 Å². The van der Waals surface area contributed by atoms with Crippen LogP contribution in [-0.2, 0) is 21.2 Å². The van der Waals surface area contributed by atoms with E-state index in [9.17, 15) is 18.4 Å². The Morgan fingerprint density at radius 2 is 1.91 bits per heavy atom. The van der Waals surface area contributed by atoms with Crippen LogP contribution in [-0.4, -0.2) is 43.5 Å². The van der Waals surface area contributed by atoms with Gasteiger partial charge in [0.1, 0.15) is 11.8 Å². The first-order chi connectivity index (χ1) is 17.0. The molecule has 2 N–H and O–H groups in total. The fraction of sp³-hybridized carbons (Fsp3) is 0.269. The van der Waals surface area contributed by atoms with Crippen LogP contribution in [0.25, 0.3) is 6.08 Å². The number of nitrogens with zero attached hydrogens (tertiary/aromatic N) is 1. The summed E-state index contributed by atoms with van der Waals surface area (Å²) in [6, 6.07) is 16.9. The number of methoxy groups -OCH3 is 1. The maximum absolute atomic E-state index is 13.7. The Morgan fingerprint density at radius 3 is 2.60 bits per heavy atom. The van der Waals surface area contributed by atoms with E-state index in [1.165, 1.54) is 23.5 Å². The average molecular weight is 513 g/mol. The first-order valence-corrected chi connectivity index (χ1v) is 13.7. The molecule has 0 spiro atoms. The van der Waals surface area contributed by atoms with E-state index in [-0.39, 0.29) is 11.4 Å². The van der Waals surface area contributed by atoms with Gasteiger partial charge in [-0.25, -0.2) is 13.9 Å². The molecule has 0 aliphatic carbocycles. The molecule has 0 saturated carbocycles. The van der Waals surface area contributed by atoms with Gasteiger partial charge in [0.25, 0.3) is 5.91 Å². The minimum atomic E-state index is -4.02. The van der Waals surface area contributed by atoms with Crippen molar-refractivity contribution < 1.29 is 23.2 Å². The summed E-state index contributed by atoms with van der Waals surface area (Å²) >= 11 is 1.56. The van der Waals surface area contributed by atoms with Crippen molar-refractivity contribution in [3.63, 3.8) is 0 Å². The summed E-state index contributed by atoms with van der Waals surface area (Å²) in [5.41, 5.74) is 3.75. The number of fused-ring (bicyclic) bond motifs is 1. The van der Waals surface area contributed by atoms with Crippen LogP contribution in [0.1, 0.15) is 34.8 Å². The Kier molecular flexibility index (Phi) is 8.02. The number of hydroxylamine groups is 1. The van der Waals surface area contributed by atoms with Crippen LogP contribution in [0.2, 0.25) is 0 Å². The Balaban J connectivity index is 1.68. The largest absolute Gasteiger partial charge is 0.497 e. The molecule has 35 heavy (non-hydrogen) atoms. The van der Waals surface area contributed by atoms with Crippen LogP contribution < -0.4 is 10.2 Å². The third-order valence-electron chi connectivity index (χ3n) is 6.23. The van der Waals surface area contributed by atoms with E-state index in [1.54, 1.807) is 28.9 Å². The number of carbonyl (C=O) groups excluding carboxylic acids is 1. The van der Waals surface area contributed by atoms with Crippen LogP contribution in [0.5, 0.6) is 5.75 Å². The third kappa shape index (κ3) is 5.48. The Bertz CT molecular complexity index is 1270. The molecule has 0 radical (unpaired) electrons. The second-order valence-electron chi connectivity index (χ2n) is 8.26. The molecular weight excluding hydrogens is 484 g/mol. The van der Waals surface area contributed by atoms with Crippen molar-refractivity contribution in [3.8, 4) is 5.75 Å². The monoisotopic (exact) mass is 512 g/mol. The zero-order valence-corrected chi connectivity index (χ0v) is 21.0. The first kappa shape index (κ1) is 25.1. The number of nitrogens with one attached hydrogen (secondary N) is 1. The summed E-state index contributed by atoms with van der Waals surface area (Å²) in [5, 5.41) is 11.6. The standard InChI is InChI=1S/C26H28N2O5S2/c1-33-20-11-13-21(14-12-20)35(31,32)28-17-15-24-22(16-18-34-24)23(25(28)26(29)27-30)10-6-5-9-19-7-3-2-4-8-19/h2-5,7-9,11-14,16,18,23,25,30H,6,10,15,17H2,1H3,(H,27,29)/b9-5+/t23-,25-/m1/s1. The fourth-order valence-electron chi connectivity index (χ4n) is 4.51. The number of sulfonamides is 1. The number of hydrogen-bond acceptors (Lipinski definition) is 6. The normalized spacial score (nSPS) is 18.7. The second-order valence-corrected chi connectivity index (χ2v) is 11.1. The Hall–Kier alpha value is -2.98.